The maximum atomic E-state index is 12.1. The Hall–Kier alpha value is -2.82. The zero-order chi connectivity index (χ0) is 16.1. The smallest absolute Gasteiger partial charge is 0.289 e. The Balaban J connectivity index is 1.51. The van der Waals surface area contributed by atoms with Crippen molar-refractivity contribution in [3.63, 3.8) is 0 Å². The average molecular weight is 309 g/mol. The normalized spacial score (nSPS) is 10.7. The number of carbonyl (C=O) groups excluding carboxylic acids is 1. The molecule has 0 saturated heterocycles. The van der Waals surface area contributed by atoms with Crippen LogP contribution in [0, 0.1) is 0 Å². The molecule has 1 amide bonds. The van der Waals surface area contributed by atoms with Gasteiger partial charge >= 0.3 is 0 Å². The number of amides is 1. The van der Waals surface area contributed by atoms with E-state index in [1.54, 1.807) is 6.07 Å². The van der Waals surface area contributed by atoms with Crippen molar-refractivity contribution >= 4 is 5.91 Å². The summed E-state index contributed by atoms with van der Waals surface area (Å²) >= 11 is 0. The lowest BCUT2D eigenvalue weighted by Crippen LogP contribution is -2.24. The zero-order valence-electron chi connectivity index (χ0n) is 13.0. The summed E-state index contributed by atoms with van der Waals surface area (Å²) in [6, 6.07) is 15.4. The van der Waals surface area contributed by atoms with E-state index in [0.717, 1.165) is 18.4 Å². The first-order valence-corrected chi connectivity index (χ1v) is 7.64. The fraction of sp³-hybridized carbons (Fsp3) is 0.222. The van der Waals surface area contributed by atoms with Crippen molar-refractivity contribution in [3.05, 3.63) is 66.2 Å². The number of aryl methyl sites for hydroxylation is 2. The van der Waals surface area contributed by atoms with Crippen LogP contribution in [0.15, 0.2) is 59.3 Å². The van der Waals surface area contributed by atoms with Gasteiger partial charge in [0.1, 0.15) is 5.69 Å². The molecule has 0 spiro atoms. The van der Waals surface area contributed by atoms with E-state index in [9.17, 15) is 4.79 Å². The van der Waals surface area contributed by atoms with Crippen LogP contribution in [-0.2, 0) is 13.5 Å². The van der Waals surface area contributed by atoms with Gasteiger partial charge in [-0.3, -0.25) is 4.79 Å². The highest BCUT2D eigenvalue weighted by molar-refractivity contribution is 5.92. The number of hydrogen-bond acceptors (Lipinski definition) is 3. The van der Waals surface area contributed by atoms with E-state index in [0.29, 0.717) is 12.2 Å². The quantitative estimate of drug-likeness (QED) is 0.712. The van der Waals surface area contributed by atoms with Gasteiger partial charge in [-0.1, -0.05) is 35.5 Å². The molecule has 0 radical (unpaired) electrons. The lowest BCUT2D eigenvalue weighted by atomic mass is 10.1. The van der Waals surface area contributed by atoms with E-state index in [4.69, 9.17) is 4.52 Å². The third-order valence-electron chi connectivity index (χ3n) is 3.75. The SMILES string of the molecule is Cn1cccc1CCCNC(=O)c1cc(-c2ccccc2)no1. The average Bonchev–Trinajstić information content (AvgIpc) is 3.22. The van der Waals surface area contributed by atoms with E-state index in [1.807, 2.05) is 49.6 Å². The molecule has 0 bridgehead atoms. The lowest BCUT2D eigenvalue weighted by molar-refractivity contribution is 0.0916. The number of nitrogens with zero attached hydrogens (tertiary/aromatic N) is 2. The van der Waals surface area contributed by atoms with Crippen molar-refractivity contribution in [2.45, 2.75) is 12.8 Å². The molecule has 23 heavy (non-hydrogen) atoms. The highest BCUT2D eigenvalue weighted by atomic mass is 16.5. The van der Waals surface area contributed by atoms with Gasteiger partial charge in [-0.05, 0) is 25.0 Å². The van der Waals surface area contributed by atoms with Crippen LogP contribution in [0.3, 0.4) is 0 Å². The lowest BCUT2D eigenvalue weighted by Gasteiger charge is -2.04. The fourth-order valence-electron chi connectivity index (χ4n) is 2.44. The van der Waals surface area contributed by atoms with Crippen molar-refractivity contribution < 1.29 is 9.32 Å². The van der Waals surface area contributed by atoms with Gasteiger partial charge in [0.25, 0.3) is 5.91 Å². The Morgan fingerprint density at radius 1 is 1.22 bits per heavy atom. The molecular weight excluding hydrogens is 290 g/mol. The first-order chi connectivity index (χ1) is 11.2. The number of rotatable bonds is 6. The van der Waals surface area contributed by atoms with Crippen LogP contribution in [0.25, 0.3) is 11.3 Å². The predicted molar refractivity (Wildman–Crippen MR) is 88.0 cm³/mol. The standard InChI is InChI=1S/C18H19N3O2/c1-21-12-6-10-15(21)9-5-11-19-18(22)17-13-16(20-23-17)14-7-3-2-4-8-14/h2-4,6-8,10,12-13H,5,9,11H2,1H3,(H,19,22). The highest BCUT2D eigenvalue weighted by Gasteiger charge is 2.13. The number of hydrogen-bond donors (Lipinski definition) is 1. The van der Waals surface area contributed by atoms with Crippen molar-refractivity contribution in [1.82, 2.24) is 15.0 Å². The molecule has 3 rings (SSSR count). The van der Waals surface area contributed by atoms with E-state index in [-0.39, 0.29) is 11.7 Å². The number of benzene rings is 1. The topological polar surface area (TPSA) is 60.1 Å². The van der Waals surface area contributed by atoms with Gasteiger partial charge in [-0.2, -0.15) is 0 Å². The van der Waals surface area contributed by atoms with Crippen LogP contribution in [0.5, 0.6) is 0 Å². The van der Waals surface area contributed by atoms with E-state index in [2.05, 4.69) is 21.1 Å². The number of nitrogens with one attached hydrogen (secondary N) is 1. The van der Waals surface area contributed by atoms with E-state index in [1.165, 1.54) is 5.69 Å². The van der Waals surface area contributed by atoms with Gasteiger partial charge < -0.3 is 14.4 Å². The van der Waals surface area contributed by atoms with Gasteiger partial charge in [0.2, 0.25) is 5.76 Å². The molecule has 2 heterocycles. The summed E-state index contributed by atoms with van der Waals surface area (Å²) in [6.45, 7) is 0.603. The molecule has 118 valence electrons. The van der Waals surface area contributed by atoms with E-state index < -0.39 is 0 Å². The molecule has 3 aromatic rings. The number of carbonyl (C=O) groups is 1. The summed E-state index contributed by atoms with van der Waals surface area (Å²) in [5, 5.41) is 6.81. The molecule has 0 atom stereocenters. The first-order valence-electron chi connectivity index (χ1n) is 7.64. The third kappa shape index (κ3) is 3.69. The van der Waals surface area contributed by atoms with Crippen LogP contribution < -0.4 is 5.32 Å². The van der Waals surface area contributed by atoms with Crippen LogP contribution >= 0.6 is 0 Å². The van der Waals surface area contributed by atoms with Crippen LogP contribution in [-0.4, -0.2) is 22.2 Å². The largest absolute Gasteiger partial charge is 0.354 e. The Morgan fingerprint density at radius 3 is 2.78 bits per heavy atom. The monoisotopic (exact) mass is 309 g/mol. The van der Waals surface area contributed by atoms with Crippen molar-refractivity contribution in [2.24, 2.45) is 7.05 Å². The molecule has 0 aliphatic rings. The molecule has 0 aliphatic heterocycles. The number of aromatic nitrogens is 2. The zero-order valence-corrected chi connectivity index (χ0v) is 13.0. The summed E-state index contributed by atoms with van der Waals surface area (Å²) < 4.78 is 7.22. The highest BCUT2D eigenvalue weighted by Crippen LogP contribution is 2.18. The molecule has 2 aromatic heterocycles. The molecule has 0 saturated carbocycles. The Kier molecular flexibility index (Phi) is 4.57. The van der Waals surface area contributed by atoms with Gasteiger partial charge in [-0.15, -0.1) is 0 Å². The van der Waals surface area contributed by atoms with Crippen molar-refractivity contribution in [3.8, 4) is 11.3 Å². The third-order valence-corrected chi connectivity index (χ3v) is 3.75. The Morgan fingerprint density at radius 2 is 2.04 bits per heavy atom. The summed E-state index contributed by atoms with van der Waals surface area (Å²) in [5.74, 6) is 0.00859. The molecule has 0 fully saturated rings. The summed E-state index contributed by atoms with van der Waals surface area (Å²) in [5.41, 5.74) is 2.85. The predicted octanol–water partition coefficient (Wildman–Crippen LogP) is 3.04. The molecule has 1 N–H and O–H groups in total. The van der Waals surface area contributed by atoms with Gasteiger partial charge in [0.15, 0.2) is 0 Å². The first kappa shape index (κ1) is 15.1. The Bertz CT molecular complexity index is 774. The molecule has 1 aromatic carbocycles. The second-order valence-corrected chi connectivity index (χ2v) is 5.41. The minimum absolute atomic E-state index is 0.230. The van der Waals surface area contributed by atoms with E-state index >= 15 is 0 Å². The van der Waals surface area contributed by atoms with Gasteiger partial charge in [-0.25, -0.2) is 0 Å². The minimum Gasteiger partial charge on any atom is -0.354 e. The molecule has 0 unspecified atom stereocenters. The van der Waals surface area contributed by atoms with Crippen LogP contribution in [0.1, 0.15) is 22.7 Å². The maximum Gasteiger partial charge on any atom is 0.289 e. The van der Waals surface area contributed by atoms with Crippen molar-refractivity contribution in [1.29, 1.82) is 0 Å². The second-order valence-electron chi connectivity index (χ2n) is 5.41. The summed E-state index contributed by atoms with van der Waals surface area (Å²) in [6.07, 6.45) is 3.83. The van der Waals surface area contributed by atoms with Crippen LogP contribution in [0.2, 0.25) is 0 Å². The van der Waals surface area contributed by atoms with Gasteiger partial charge in [0, 0.05) is 37.1 Å². The molecule has 0 aliphatic carbocycles. The molecule has 5 nitrogen and oxygen atoms in total. The molecular formula is C18H19N3O2. The minimum atomic E-state index is -0.230. The second kappa shape index (κ2) is 6.96. The molecule has 5 heteroatoms. The maximum absolute atomic E-state index is 12.1. The Labute approximate surface area is 134 Å². The summed E-state index contributed by atoms with van der Waals surface area (Å²) in [7, 11) is 2.02. The van der Waals surface area contributed by atoms with Crippen molar-refractivity contribution in [2.75, 3.05) is 6.54 Å². The fourth-order valence-corrected chi connectivity index (χ4v) is 2.44. The summed E-state index contributed by atoms with van der Waals surface area (Å²) in [4.78, 5) is 12.1. The van der Waals surface area contributed by atoms with Crippen LogP contribution in [0.4, 0.5) is 0 Å². The van der Waals surface area contributed by atoms with Gasteiger partial charge in [0.05, 0.1) is 0 Å².